The van der Waals surface area contributed by atoms with Crippen LogP contribution in [0.5, 0.6) is 0 Å². The van der Waals surface area contributed by atoms with Crippen molar-refractivity contribution in [2.75, 3.05) is 11.1 Å². The maximum absolute atomic E-state index is 12.9. The predicted molar refractivity (Wildman–Crippen MR) is 142 cm³/mol. The number of nitrogens with zero attached hydrogens (tertiary/aromatic N) is 3. The van der Waals surface area contributed by atoms with E-state index >= 15 is 0 Å². The normalized spacial score (nSPS) is 11.8. The molecule has 1 unspecified atom stereocenters. The average Bonchev–Trinajstić information content (AvgIpc) is 3.21. The maximum Gasteiger partial charge on any atom is 0.253 e. The zero-order valence-electron chi connectivity index (χ0n) is 19.7. The van der Waals surface area contributed by atoms with Crippen LogP contribution in [-0.4, -0.2) is 32.3 Å². The Morgan fingerprint density at radius 1 is 1.11 bits per heavy atom. The molecule has 0 spiro atoms. The SMILES string of the molecule is C=CCn1c(SCC(=O)Nc2cccc(Cl)c2C)nnc1C(NC(=O)c1ccccc1Cl)C(C)C. The Morgan fingerprint density at radius 3 is 2.51 bits per heavy atom. The maximum atomic E-state index is 12.9. The van der Waals surface area contributed by atoms with Crippen LogP contribution in [0, 0.1) is 12.8 Å². The van der Waals surface area contributed by atoms with E-state index in [-0.39, 0.29) is 23.5 Å². The van der Waals surface area contributed by atoms with Crippen LogP contribution in [0.3, 0.4) is 0 Å². The molecule has 10 heteroatoms. The average molecular weight is 532 g/mol. The molecule has 0 saturated heterocycles. The fourth-order valence-electron chi connectivity index (χ4n) is 3.39. The van der Waals surface area contributed by atoms with Crippen molar-refractivity contribution in [3.05, 3.63) is 82.1 Å². The van der Waals surface area contributed by atoms with E-state index in [0.717, 1.165) is 5.56 Å². The summed E-state index contributed by atoms with van der Waals surface area (Å²) in [5, 5.41) is 16.1. The lowest BCUT2D eigenvalue weighted by Gasteiger charge is -2.23. The molecule has 7 nitrogen and oxygen atoms in total. The molecule has 2 aromatic carbocycles. The monoisotopic (exact) mass is 531 g/mol. The Hall–Kier alpha value is -2.81. The van der Waals surface area contributed by atoms with Gasteiger partial charge in [0.1, 0.15) is 0 Å². The molecule has 1 atom stereocenters. The van der Waals surface area contributed by atoms with E-state index in [9.17, 15) is 9.59 Å². The highest BCUT2D eigenvalue weighted by molar-refractivity contribution is 7.99. The third kappa shape index (κ3) is 6.66. The third-order valence-electron chi connectivity index (χ3n) is 5.28. The zero-order valence-corrected chi connectivity index (χ0v) is 22.0. The van der Waals surface area contributed by atoms with Crippen molar-refractivity contribution in [3.63, 3.8) is 0 Å². The van der Waals surface area contributed by atoms with Gasteiger partial charge in [-0.3, -0.25) is 9.59 Å². The lowest BCUT2D eigenvalue weighted by molar-refractivity contribution is -0.113. The van der Waals surface area contributed by atoms with Crippen molar-refractivity contribution >= 4 is 52.5 Å². The van der Waals surface area contributed by atoms with Gasteiger partial charge in [-0.2, -0.15) is 0 Å². The molecule has 3 aromatic rings. The van der Waals surface area contributed by atoms with Crippen molar-refractivity contribution in [2.45, 2.75) is 38.5 Å². The zero-order chi connectivity index (χ0) is 25.5. The summed E-state index contributed by atoms with van der Waals surface area (Å²) in [6.45, 7) is 10.1. The Labute approximate surface area is 219 Å². The van der Waals surface area contributed by atoms with Crippen LogP contribution < -0.4 is 10.6 Å². The second-order valence-electron chi connectivity index (χ2n) is 8.16. The molecular formula is C25H27Cl2N5O2S. The van der Waals surface area contributed by atoms with Crippen molar-refractivity contribution in [1.82, 2.24) is 20.1 Å². The van der Waals surface area contributed by atoms with E-state index in [1.165, 1.54) is 11.8 Å². The van der Waals surface area contributed by atoms with Gasteiger partial charge in [-0.15, -0.1) is 16.8 Å². The Bertz CT molecular complexity index is 1230. The highest BCUT2D eigenvalue weighted by atomic mass is 35.5. The summed E-state index contributed by atoms with van der Waals surface area (Å²) in [6.07, 6.45) is 1.72. The van der Waals surface area contributed by atoms with E-state index in [0.29, 0.717) is 38.8 Å². The van der Waals surface area contributed by atoms with Gasteiger partial charge in [-0.1, -0.05) is 73.1 Å². The van der Waals surface area contributed by atoms with Gasteiger partial charge in [0.05, 0.1) is 22.4 Å². The van der Waals surface area contributed by atoms with Gasteiger partial charge in [0.15, 0.2) is 11.0 Å². The quantitative estimate of drug-likeness (QED) is 0.249. The first kappa shape index (κ1) is 26.8. The van der Waals surface area contributed by atoms with Crippen molar-refractivity contribution < 1.29 is 9.59 Å². The first-order chi connectivity index (χ1) is 16.7. The van der Waals surface area contributed by atoms with E-state index in [2.05, 4.69) is 27.4 Å². The first-order valence-electron chi connectivity index (χ1n) is 11.0. The molecule has 0 fully saturated rings. The second-order valence-corrected chi connectivity index (χ2v) is 9.92. The molecular weight excluding hydrogens is 505 g/mol. The topological polar surface area (TPSA) is 88.9 Å². The van der Waals surface area contributed by atoms with E-state index in [4.69, 9.17) is 23.2 Å². The Kier molecular flexibility index (Phi) is 9.37. The first-order valence-corrected chi connectivity index (χ1v) is 12.7. The summed E-state index contributed by atoms with van der Waals surface area (Å²) < 4.78 is 1.85. The summed E-state index contributed by atoms with van der Waals surface area (Å²) in [5.41, 5.74) is 1.86. The number of benzene rings is 2. The van der Waals surface area contributed by atoms with Crippen molar-refractivity contribution in [1.29, 1.82) is 0 Å². The summed E-state index contributed by atoms with van der Waals surface area (Å²) in [5.74, 6) is 0.227. The van der Waals surface area contributed by atoms with Gasteiger partial charge in [-0.25, -0.2) is 0 Å². The molecule has 0 bridgehead atoms. The largest absolute Gasteiger partial charge is 0.342 e. The Balaban J connectivity index is 1.77. The number of hydrogen-bond acceptors (Lipinski definition) is 5. The summed E-state index contributed by atoms with van der Waals surface area (Å²) >= 11 is 13.6. The number of aromatic nitrogens is 3. The molecule has 1 heterocycles. The summed E-state index contributed by atoms with van der Waals surface area (Å²) in [6, 6.07) is 11.8. The summed E-state index contributed by atoms with van der Waals surface area (Å²) in [7, 11) is 0. The molecule has 35 heavy (non-hydrogen) atoms. The highest BCUT2D eigenvalue weighted by Gasteiger charge is 2.27. The highest BCUT2D eigenvalue weighted by Crippen LogP contribution is 2.27. The molecule has 184 valence electrons. The standard InChI is InChI=1S/C25H27Cl2N5O2S/c1-5-13-32-23(22(15(2)3)29-24(34)17-9-6-7-10-19(17)27)30-31-25(32)35-14-21(33)28-20-12-8-11-18(26)16(20)4/h5-12,15,22H,1,13-14H2,2-4H3,(H,28,33)(H,29,34). The van der Waals surface area contributed by atoms with Gasteiger partial charge >= 0.3 is 0 Å². The Morgan fingerprint density at radius 2 is 1.83 bits per heavy atom. The molecule has 1 aromatic heterocycles. The predicted octanol–water partition coefficient (Wildman–Crippen LogP) is 5.94. The third-order valence-corrected chi connectivity index (χ3v) is 6.99. The van der Waals surface area contributed by atoms with Crippen LogP contribution in [0.4, 0.5) is 5.69 Å². The van der Waals surface area contributed by atoms with E-state index < -0.39 is 6.04 Å². The number of anilines is 1. The van der Waals surface area contributed by atoms with Gasteiger partial charge in [0.2, 0.25) is 5.91 Å². The number of nitrogens with one attached hydrogen (secondary N) is 2. The van der Waals surface area contributed by atoms with Gasteiger partial charge in [-0.05, 0) is 42.7 Å². The smallest absolute Gasteiger partial charge is 0.253 e. The molecule has 0 saturated carbocycles. The molecule has 2 amide bonds. The fraction of sp³-hybridized carbons (Fsp3) is 0.280. The number of halogens is 2. The van der Waals surface area contributed by atoms with Crippen molar-refractivity contribution in [3.8, 4) is 0 Å². The van der Waals surface area contributed by atoms with Gasteiger partial charge in [0.25, 0.3) is 5.91 Å². The number of carbonyl (C=O) groups is 2. The lowest BCUT2D eigenvalue weighted by Crippen LogP contribution is -2.34. The molecule has 3 rings (SSSR count). The molecule has 0 aliphatic rings. The van der Waals surface area contributed by atoms with Crippen LogP contribution in [0.1, 0.15) is 41.6 Å². The number of hydrogen-bond donors (Lipinski definition) is 2. The fourth-order valence-corrected chi connectivity index (χ4v) is 4.54. The minimum Gasteiger partial charge on any atom is -0.342 e. The number of rotatable bonds is 10. The number of allylic oxidation sites excluding steroid dienone is 1. The minimum atomic E-state index is -0.427. The number of amides is 2. The molecule has 0 aliphatic heterocycles. The minimum absolute atomic E-state index is 0.0150. The van der Waals surface area contributed by atoms with E-state index in [1.807, 2.05) is 25.3 Å². The second kappa shape index (κ2) is 12.2. The van der Waals surface area contributed by atoms with Crippen LogP contribution in [0.15, 0.2) is 60.3 Å². The van der Waals surface area contributed by atoms with Gasteiger partial charge < -0.3 is 15.2 Å². The van der Waals surface area contributed by atoms with Crippen LogP contribution in [0.25, 0.3) is 0 Å². The van der Waals surface area contributed by atoms with Gasteiger partial charge in [0, 0.05) is 17.3 Å². The van der Waals surface area contributed by atoms with Crippen LogP contribution in [-0.2, 0) is 11.3 Å². The molecule has 2 N–H and O–H groups in total. The van der Waals surface area contributed by atoms with Crippen LogP contribution in [0.2, 0.25) is 10.0 Å². The number of thioether (sulfide) groups is 1. The van der Waals surface area contributed by atoms with Crippen molar-refractivity contribution in [2.24, 2.45) is 5.92 Å². The van der Waals surface area contributed by atoms with E-state index in [1.54, 1.807) is 48.5 Å². The molecule has 0 aliphatic carbocycles. The van der Waals surface area contributed by atoms with Crippen LogP contribution >= 0.6 is 35.0 Å². The summed E-state index contributed by atoms with van der Waals surface area (Å²) in [4.78, 5) is 25.5. The molecule has 0 radical (unpaired) electrons. The number of carbonyl (C=O) groups excluding carboxylic acids is 2. The lowest BCUT2D eigenvalue weighted by atomic mass is 10.0.